The van der Waals surface area contributed by atoms with Crippen LogP contribution < -0.4 is 10.6 Å². The predicted octanol–water partition coefficient (Wildman–Crippen LogP) is 2.59. The molecular weight excluding hydrogens is 200 g/mol. The Labute approximate surface area is 97.2 Å². The average Bonchev–Trinajstić information content (AvgIpc) is 2.10. The second kappa shape index (κ2) is 4.96. The second-order valence-corrected chi connectivity index (χ2v) is 4.76. The van der Waals surface area contributed by atoms with Gasteiger partial charge in [0.25, 0.3) is 0 Å². The molecule has 1 aromatic heterocycles. The van der Waals surface area contributed by atoms with Gasteiger partial charge in [-0.25, -0.2) is 4.98 Å². The van der Waals surface area contributed by atoms with E-state index in [9.17, 15) is 0 Å². The molecule has 0 spiro atoms. The van der Waals surface area contributed by atoms with Gasteiger partial charge in [-0.2, -0.15) is 4.98 Å². The minimum Gasteiger partial charge on any atom is -0.366 e. The Balaban J connectivity index is 2.85. The van der Waals surface area contributed by atoms with Crippen molar-refractivity contribution in [3.8, 4) is 0 Å². The third-order valence-corrected chi connectivity index (χ3v) is 1.77. The fourth-order valence-electron chi connectivity index (χ4n) is 1.23. The van der Waals surface area contributed by atoms with Crippen LogP contribution in [0.3, 0.4) is 0 Å². The number of rotatable bonds is 4. The molecule has 0 aliphatic heterocycles. The van der Waals surface area contributed by atoms with E-state index in [-0.39, 0.29) is 5.54 Å². The molecule has 0 saturated heterocycles. The van der Waals surface area contributed by atoms with Gasteiger partial charge in [0, 0.05) is 23.8 Å². The number of aromatic nitrogens is 2. The lowest BCUT2D eigenvalue weighted by Crippen LogP contribution is -2.27. The number of nitrogens with one attached hydrogen (secondary N) is 2. The highest BCUT2D eigenvalue weighted by molar-refractivity contribution is 5.43. The second-order valence-electron chi connectivity index (χ2n) is 4.76. The average molecular weight is 220 g/mol. The van der Waals surface area contributed by atoms with Gasteiger partial charge < -0.3 is 10.6 Å². The normalized spacial score (nSPS) is 11.0. The first kappa shape index (κ1) is 12.5. The molecule has 0 saturated carbocycles. The van der Waals surface area contributed by atoms with Crippen LogP contribution in [0.5, 0.6) is 0 Å². The van der Waals surface area contributed by atoms with Crippen LogP contribution in [-0.2, 0) is 0 Å². The molecular formula is C12H20N4. The van der Waals surface area contributed by atoms with Crippen LogP contribution in [0.4, 0.5) is 11.8 Å². The van der Waals surface area contributed by atoms with Gasteiger partial charge in [-0.05, 0) is 27.7 Å². The molecule has 1 aromatic rings. The van der Waals surface area contributed by atoms with E-state index in [1.165, 1.54) is 0 Å². The minimum atomic E-state index is -0.0382. The smallest absolute Gasteiger partial charge is 0.225 e. The summed E-state index contributed by atoms with van der Waals surface area (Å²) in [6.07, 6.45) is 1.80. The summed E-state index contributed by atoms with van der Waals surface area (Å²) >= 11 is 0. The Morgan fingerprint density at radius 3 is 2.62 bits per heavy atom. The molecule has 16 heavy (non-hydrogen) atoms. The Bertz CT molecular complexity index is 366. The Morgan fingerprint density at radius 1 is 1.38 bits per heavy atom. The highest BCUT2D eigenvalue weighted by Crippen LogP contribution is 2.13. The van der Waals surface area contributed by atoms with Gasteiger partial charge in [-0.3, -0.25) is 0 Å². The summed E-state index contributed by atoms with van der Waals surface area (Å²) in [5.41, 5.74) is 0.900. The van der Waals surface area contributed by atoms with Crippen LogP contribution in [-0.4, -0.2) is 22.1 Å². The summed E-state index contributed by atoms with van der Waals surface area (Å²) in [4.78, 5) is 8.71. The van der Waals surface area contributed by atoms with Gasteiger partial charge in [0.2, 0.25) is 5.95 Å². The van der Waals surface area contributed by atoms with Crippen LogP contribution in [0.2, 0.25) is 0 Å². The van der Waals surface area contributed by atoms with E-state index >= 15 is 0 Å². The first-order valence-corrected chi connectivity index (χ1v) is 5.39. The Hall–Kier alpha value is -1.58. The lowest BCUT2D eigenvalue weighted by Gasteiger charge is -2.21. The van der Waals surface area contributed by atoms with Crippen LogP contribution in [0.25, 0.3) is 0 Å². The van der Waals surface area contributed by atoms with Crippen LogP contribution in [0.1, 0.15) is 26.5 Å². The molecule has 0 radical (unpaired) electrons. The lowest BCUT2D eigenvalue weighted by molar-refractivity contribution is 0.625. The number of anilines is 2. The van der Waals surface area contributed by atoms with Crippen molar-refractivity contribution in [2.24, 2.45) is 0 Å². The first-order chi connectivity index (χ1) is 7.40. The van der Waals surface area contributed by atoms with Crippen LogP contribution in [0, 0.1) is 6.92 Å². The number of hydrogen-bond acceptors (Lipinski definition) is 4. The zero-order chi connectivity index (χ0) is 12.2. The van der Waals surface area contributed by atoms with Gasteiger partial charge in [-0.1, -0.05) is 6.08 Å². The molecule has 0 atom stereocenters. The molecule has 0 amide bonds. The van der Waals surface area contributed by atoms with Gasteiger partial charge in [-0.15, -0.1) is 6.58 Å². The minimum absolute atomic E-state index is 0.0382. The maximum absolute atomic E-state index is 4.38. The van der Waals surface area contributed by atoms with E-state index in [1.807, 2.05) is 13.0 Å². The van der Waals surface area contributed by atoms with Gasteiger partial charge in [0.05, 0.1) is 0 Å². The number of hydrogen-bond donors (Lipinski definition) is 2. The van der Waals surface area contributed by atoms with E-state index in [2.05, 4.69) is 48.0 Å². The lowest BCUT2D eigenvalue weighted by atomic mass is 10.1. The molecule has 4 heteroatoms. The molecule has 1 heterocycles. The van der Waals surface area contributed by atoms with E-state index in [4.69, 9.17) is 0 Å². The van der Waals surface area contributed by atoms with Crippen molar-refractivity contribution >= 4 is 11.8 Å². The topological polar surface area (TPSA) is 49.8 Å². The molecule has 0 bridgehead atoms. The van der Waals surface area contributed by atoms with Crippen molar-refractivity contribution in [2.45, 2.75) is 33.2 Å². The summed E-state index contributed by atoms with van der Waals surface area (Å²) in [6.45, 7) is 12.5. The number of aryl methyl sites for hydroxylation is 1. The van der Waals surface area contributed by atoms with Gasteiger partial charge in [0.1, 0.15) is 5.82 Å². The maximum Gasteiger partial charge on any atom is 0.225 e. The molecule has 4 nitrogen and oxygen atoms in total. The highest BCUT2D eigenvalue weighted by atomic mass is 15.2. The standard InChI is InChI=1S/C12H20N4/c1-6-7-13-10-8-9(2)14-11(15-10)16-12(3,4)5/h6,8H,1,7H2,2-5H3,(H2,13,14,15,16). The fourth-order valence-corrected chi connectivity index (χ4v) is 1.23. The Morgan fingerprint density at radius 2 is 2.06 bits per heavy atom. The van der Waals surface area contributed by atoms with Crippen molar-refractivity contribution in [2.75, 3.05) is 17.2 Å². The molecule has 0 aliphatic carbocycles. The van der Waals surface area contributed by atoms with Crippen molar-refractivity contribution < 1.29 is 0 Å². The first-order valence-electron chi connectivity index (χ1n) is 5.39. The van der Waals surface area contributed by atoms with E-state index in [1.54, 1.807) is 6.08 Å². The van der Waals surface area contributed by atoms with E-state index in [0.717, 1.165) is 11.5 Å². The zero-order valence-electron chi connectivity index (χ0n) is 10.5. The summed E-state index contributed by atoms with van der Waals surface area (Å²) in [5, 5.41) is 6.40. The SMILES string of the molecule is C=CCNc1cc(C)nc(NC(C)(C)C)n1. The monoisotopic (exact) mass is 220 g/mol. The predicted molar refractivity (Wildman–Crippen MR) is 68.8 cm³/mol. The van der Waals surface area contributed by atoms with Gasteiger partial charge in [0.15, 0.2) is 0 Å². The molecule has 0 aliphatic rings. The van der Waals surface area contributed by atoms with Crippen LogP contribution >= 0.6 is 0 Å². The number of nitrogens with zero attached hydrogens (tertiary/aromatic N) is 2. The zero-order valence-corrected chi connectivity index (χ0v) is 10.5. The van der Waals surface area contributed by atoms with Crippen molar-refractivity contribution in [1.82, 2.24) is 9.97 Å². The third-order valence-electron chi connectivity index (χ3n) is 1.77. The van der Waals surface area contributed by atoms with E-state index < -0.39 is 0 Å². The third kappa shape index (κ3) is 4.29. The van der Waals surface area contributed by atoms with E-state index in [0.29, 0.717) is 12.5 Å². The van der Waals surface area contributed by atoms with Gasteiger partial charge >= 0.3 is 0 Å². The molecule has 2 N–H and O–H groups in total. The van der Waals surface area contributed by atoms with Crippen molar-refractivity contribution in [3.05, 3.63) is 24.4 Å². The summed E-state index contributed by atoms with van der Waals surface area (Å²) in [7, 11) is 0. The quantitative estimate of drug-likeness (QED) is 0.766. The fraction of sp³-hybridized carbons (Fsp3) is 0.500. The molecule has 1 rings (SSSR count). The highest BCUT2D eigenvalue weighted by Gasteiger charge is 2.11. The molecule has 0 fully saturated rings. The summed E-state index contributed by atoms with van der Waals surface area (Å²) < 4.78 is 0. The largest absolute Gasteiger partial charge is 0.366 e. The maximum atomic E-state index is 4.38. The Kier molecular flexibility index (Phi) is 3.88. The van der Waals surface area contributed by atoms with Crippen LogP contribution in [0.15, 0.2) is 18.7 Å². The van der Waals surface area contributed by atoms with Crippen molar-refractivity contribution in [3.63, 3.8) is 0 Å². The molecule has 0 aromatic carbocycles. The molecule has 0 unspecified atom stereocenters. The van der Waals surface area contributed by atoms with Crippen molar-refractivity contribution in [1.29, 1.82) is 0 Å². The summed E-state index contributed by atoms with van der Waals surface area (Å²) in [6, 6.07) is 1.91. The summed E-state index contributed by atoms with van der Waals surface area (Å²) in [5.74, 6) is 1.47. The molecule has 88 valence electrons.